The average Bonchev–Trinajstić information content (AvgIpc) is 2.14. The Kier molecular flexibility index (Phi) is 6.85. The van der Waals surface area contributed by atoms with Crippen LogP contribution in [0.4, 0.5) is 0 Å². The number of esters is 1. The fraction of sp³-hybridized carbons (Fsp3) is 0.800. The van der Waals surface area contributed by atoms with E-state index in [9.17, 15) is 18.0 Å². The third-order valence-electron chi connectivity index (χ3n) is 1.94. The van der Waals surface area contributed by atoms with Crippen molar-refractivity contribution in [3.8, 4) is 0 Å². The van der Waals surface area contributed by atoms with E-state index in [0.717, 1.165) is 0 Å². The van der Waals surface area contributed by atoms with E-state index in [2.05, 4.69) is 4.74 Å². The Morgan fingerprint density at radius 3 is 2.28 bits per heavy atom. The predicted molar refractivity (Wildman–Crippen MR) is 64.4 cm³/mol. The van der Waals surface area contributed by atoms with Crippen LogP contribution >= 0.6 is 0 Å². The molecule has 0 aromatic rings. The normalized spacial score (nSPS) is 13.3. The van der Waals surface area contributed by atoms with Gasteiger partial charge in [-0.2, -0.15) is 0 Å². The van der Waals surface area contributed by atoms with Crippen LogP contribution in [0.1, 0.15) is 27.2 Å². The fourth-order valence-electron chi connectivity index (χ4n) is 1.29. The van der Waals surface area contributed by atoms with Gasteiger partial charge in [0, 0.05) is 0 Å². The molecule has 0 rings (SSSR count). The van der Waals surface area contributed by atoms with Gasteiger partial charge in [0.1, 0.15) is 6.04 Å². The van der Waals surface area contributed by atoms with E-state index in [1.54, 1.807) is 20.8 Å². The molecule has 18 heavy (non-hydrogen) atoms. The number of carbonyl (C=O) groups excluding carboxylic acids is 1. The monoisotopic (exact) mass is 281 g/mol. The van der Waals surface area contributed by atoms with Gasteiger partial charge < -0.3 is 9.84 Å². The Bertz CT molecular complexity index is 389. The van der Waals surface area contributed by atoms with Gasteiger partial charge in [0.25, 0.3) is 0 Å². The zero-order valence-electron chi connectivity index (χ0n) is 10.7. The topological polar surface area (TPSA) is 110 Å². The molecular weight excluding hydrogens is 262 g/mol. The van der Waals surface area contributed by atoms with Gasteiger partial charge in [0.15, 0.2) is 5.75 Å². The molecule has 0 aromatic heterocycles. The molecule has 0 saturated carbocycles. The lowest BCUT2D eigenvalue weighted by Crippen LogP contribution is -2.43. The van der Waals surface area contributed by atoms with E-state index < -0.39 is 33.8 Å². The summed E-state index contributed by atoms with van der Waals surface area (Å²) >= 11 is 0. The molecule has 0 aromatic carbocycles. The molecular formula is C10H19NO6S. The summed E-state index contributed by atoms with van der Waals surface area (Å²) in [5.74, 6) is -3.03. The molecule has 1 atom stereocenters. The standard InChI is InChI=1S/C10H19NO6S/c1-4-17-9(12)6-18(15,16)11-8(10(13)14)5-7(2)3/h7-8,11H,4-6H2,1-3H3,(H,13,14). The number of hydrogen-bond donors (Lipinski definition) is 2. The number of carboxylic acids is 1. The maximum absolute atomic E-state index is 11.5. The summed E-state index contributed by atoms with van der Waals surface area (Å²) in [6.07, 6.45) is 0.150. The highest BCUT2D eigenvalue weighted by atomic mass is 32.2. The second-order valence-electron chi connectivity index (χ2n) is 4.20. The lowest BCUT2D eigenvalue weighted by molar-refractivity contribution is -0.141. The summed E-state index contributed by atoms with van der Waals surface area (Å²) in [5.41, 5.74) is 0. The van der Waals surface area contributed by atoms with E-state index in [4.69, 9.17) is 5.11 Å². The summed E-state index contributed by atoms with van der Waals surface area (Å²) in [5, 5.41) is 8.88. The molecule has 8 heteroatoms. The van der Waals surface area contributed by atoms with Gasteiger partial charge in [0.05, 0.1) is 6.61 Å². The van der Waals surface area contributed by atoms with Gasteiger partial charge in [-0.3, -0.25) is 9.59 Å². The van der Waals surface area contributed by atoms with Crippen LogP contribution in [0.25, 0.3) is 0 Å². The van der Waals surface area contributed by atoms with E-state index >= 15 is 0 Å². The second kappa shape index (κ2) is 7.32. The van der Waals surface area contributed by atoms with Crippen molar-refractivity contribution in [3.05, 3.63) is 0 Å². The molecule has 0 aliphatic rings. The van der Waals surface area contributed by atoms with E-state index in [-0.39, 0.29) is 18.9 Å². The van der Waals surface area contributed by atoms with Crippen molar-refractivity contribution in [1.29, 1.82) is 0 Å². The molecule has 7 nitrogen and oxygen atoms in total. The first-order valence-corrected chi connectivity index (χ1v) is 7.21. The summed E-state index contributed by atoms with van der Waals surface area (Å²) in [6, 6.07) is -1.23. The predicted octanol–water partition coefficient (Wildman–Crippen LogP) is -0.0318. The van der Waals surface area contributed by atoms with Crippen LogP contribution in [0.5, 0.6) is 0 Å². The molecule has 106 valence electrons. The zero-order chi connectivity index (χ0) is 14.3. The molecule has 0 amide bonds. The third kappa shape index (κ3) is 7.23. The number of hydrogen-bond acceptors (Lipinski definition) is 5. The van der Waals surface area contributed by atoms with E-state index in [0.29, 0.717) is 0 Å². The smallest absolute Gasteiger partial charge is 0.322 e. The molecule has 0 bridgehead atoms. The molecule has 2 N–H and O–H groups in total. The Balaban J connectivity index is 4.61. The quantitative estimate of drug-likeness (QED) is 0.604. The van der Waals surface area contributed by atoms with Crippen molar-refractivity contribution >= 4 is 22.0 Å². The van der Waals surface area contributed by atoms with E-state index in [1.807, 2.05) is 4.72 Å². The van der Waals surface area contributed by atoms with Crippen LogP contribution in [0.2, 0.25) is 0 Å². The zero-order valence-corrected chi connectivity index (χ0v) is 11.5. The second-order valence-corrected chi connectivity index (χ2v) is 5.96. The minimum Gasteiger partial charge on any atom is -0.480 e. The van der Waals surface area contributed by atoms with Crippen molar-refractivity contribution in [2.45, 2.75) is 33.2 Å². The van der Waals surface area contributed by atoms with Gasteiger partial charge >= 0.3 is 11.9 Å². The number of aliphatic carboxylic acids is 1. The summed E-state index contributed by atoms with van der Waals surface area (Å²) in [4.78, 5) is 21.9. The maximum Gasteiger partial charge on any atom is 0.322 e. The molecule has 0 radical (unpaired) electrons. The molecule has 0 spiro atoms. The van der Waals surface area contributed by atoms with Crippen LogP contribution in [-0.2, 0) is 24.3 Å². The van der Waals surface area contributed by atoms with Gasteiger partial charge in [-0.15, -0.1) is 0 Å². The highest BCUT2D eigenvalue weighted by molar-refractivity contribution is 7.90. The first kappa shape index (κ1) is 16.9. The number of carbonyl (C=O) groups is 2. The molecule has 0 saturated heterocycles. The molecule has 0 aliphatic carbocycles. The summed E-state index contributed by atoms with van der Waals surface area (Å²) in [7, 11) is -4.00. The number of rotatable bonds is 8. The molecule has 0 aliphatic heterocycles. The van der Waals surface area contributed by atoms with Crippen molar-refractivity contribution in [3.63, 3.8) is 0 Å². The average molecular weight is 281 g/mol. The van der Waals surface area contributed by atoms with E-state index in [1.165, 1.54) is 0 Å². The van der Waals surface area contributed by atoms with Crippen LogP contribution in [0.3, 0.4) is 0 Å². The highest BCUT2D eigenvalue weighted by Gasteiger charge is 2.26. The Hall–Kier alpha value is -1.15. The van der Waals surface area contributed by atoms with Crippen molar-refractivity contribution in [1.82, 2.24) is 4.72 Å². The van der Waals surface area contributed by atoms with Crippen LogP contribution in [0, 0.1) is 5.92 Å². The Morgan fingerprint density at radius 2 is 1.89 bits per heavy atom. The third-order valence-corrected chi connectivity index (χ3v) is 3.20. The number of ether oxygens (including phenoxy) is 1. The number of sulfonamides is 1. The van der Waals surface area contributed by atoms with Crippen molar-refractivity contribution in [2.75, 3.05) is 12.4 Å². The number of nitrogens with one attached hydrogen (secondary N) is 1. The van der Waals surface area contributed by atoms with Gasteiger partial charge in [-0.05, 0) is 19.3 Å². The van der Waals surface area contributed by atoms with Gasteiger partial charge in [-0.25, -0.2) is 13.1 Å². The largest absolute Gasteiger partial charge is 0.480 e. The maximum atomic E-state index is 11.5. The first-order valence-electron chi connectivity index (χ1n) is 5.56. The minimum atomic E-state index is -4.00. The fourth-order valence-corrected chi connectivity index (χ4v) is 2.39. The SMILES string of the molecule is CCOC(=O)CS(=O)(=O)NC(CC(C)C)C(=O)O. The Labute approximate surface area is 107 Å². The molecule has 0 fully saturated rings. The molecule has 0 heterocycles. The highest BCUT2D eigenvalue weighted by Crippen LogP contribution is 2.06. The van der Waals surface area contributed by atoms with Crippen LogP contribution in [0.15, 0.2) is 0 Å². The molecule has 1 unspecified atom stereocenters. The lowest BCUT2D eigenvalue weighted by atomic mass is 10.1. The summed E-state index contributed by atoms with van der Waals surface area (Å²) in [6.45, 7) is 5.17. The first-order chi connectivity index (χ1) is 8.18. The summed E-state index contributed by atoms with van der Waals surface area (Å²) < 4.78 is 29.6. The van der Waals surface area contributed by atoms with Crippen LogP contribution < -0.4 is 4.72 Å². The Morgan fingerprint density at radius 1 is 1.33 bits per heavy atom. The number of carboxylic acid groups (broad SMARTS) is 1. The lowest BCUT2D eigenvalue weighted by Gasteiger charge is -2.16. The minimum absolute atomic E-state index is 0.0105. The van der Waals surface area contributed by atoms with Gasteiger partial charge in [-0.1, -0.05) is 13.8 Å². The van der Waals surface area contributed by atoms with Crippen molar-refractivity contribution in [2.24, 2.45) is 5.92 Å². The van der Waals surface area contributed by atoms with Gasteiger partial charge in [0.2, 0.25) is 10.0 Å². The van der Waals surface area contributed by atoms with Crippen molar-refractivity contribution < 1.29 is 27.9 Å². The van der Waals surface area contributed by atoms with Crippen LogP contribution in [-0.4, -0.2) is 43.9 Å².